The van der Waals surface area contributed by atoms with Crippen LogP contribution < -0.4 is 16.6 Å². The molecule has 1 aliphatic carbocycles. The summed E-state index contributed by atoms with van der Waals surface area (Å²) < 4.78 is 0. The Bertz CT molecular complexity index is 1120. The van der Waals surface area contributed by atoms with Gasteiger partial charge in [-0.05, 0) is 63.4 Å². The number of fused-ring (bicyclic) bond motifs is 1. The Balaban J connectivity index is 0.00000149. The number of hydrogen-bond acceptors (Lipinski definition) is 5. The third-order valence-corrected chi connectivity index (χ3v) is 6.13. The second-order valence-electron chi connectivity index (χ2n) is 9.48. The van der Waals surface area contributed by atoms with Gasteiger partial charge in [0.1, 0.15) is 11.4 Å². The first-order chi connectivity index (χ1) is 15.7. The molecule has 8 nitrogen and oxygen atoms in total. The van der Waals surface area contributed by atoms with Crippen molar-refractivity contribution >= 4 is 23.1 Å². The first-order valence-corrected chi connectivity index (χ1v) is 11.3. The van der Waals surface area contributed by atoms with E-state index >= 15 is 0 Å². The number of hydrogen-bond donors (Lipinski definition) is 3. The highest BCUT2D eigenvalue weighted by atomic mass is 16.2. The van der Waals surface area contributed by atoms with Gasteiger partial charge in [-0.3, -0.25) is 9.59 Å². The number of nitrogens with zero attached hydrogens (tertiary/aromatic N) is 3. The zero-order valence-corrected chi connectivity index (χ0v) is 19.5. The molecule has 2 heterocycles. The molecule has 2 aliphatic rings. The van der Waals surface area contributed by atoms with Crippen LogP contribution in [-0.2, 0) is 6.54 Å². The van der Waals surface area contributed by atoms with Crippen molar-refractivity contribution in [3.63, 3.8) is 0 Å². The van der Waals surface area contributed by atoms with Gasteiger partial charge >= 0.3 is 0 Å². The second kappa shape index (κ2) is 9.90. The Morgan fingerprint density at radius 3 is 2.55 bits per heavy atom. The molecule has 0 spiro atoms. The van der Waals surface area contributed by atoms with E-state index in [4.69, 9.17) is 11.0 Å². The van der Waals surface area contributed by atoms with Crippen molar-refractivity contribution < 1.29 is 4.79 Å². The lowest BCUT2D eigenvalue weighted by atomic mass is 9.95. The number of aromatic nitrogens is 1. The number of rotatable bonds is 4. The standard InChI is InChI=1S/C24H31N5O2.CHN/c1-24(2,3)29-14-15-13-17(9-10-18(15)23(29)31)28-21(25)20-19(11-12-26-22(20)30)27-16-7-5-4-6-8-16;1-2/h9-13,16H,4-8,14H2,1-3H3,(H2,25,28)(H2,26,27,30);1H. The number of pyridine rings is 1. The first kappa shape index (κ1) is 24.1. The van der Waals surface area contributed by atoms with Gasteiger partial charge in [0, 0.05) is 36.5 Å². The van der Waals surface area contributed by atoms with Crippen molar-refractivity contribution in [2.24, 2.45) is 10.7 Å². The van der Waals surface area contributed by atoms with E-state index in [0.717, 1.165) is 18.4 Å². The summed E-state index contributed by atoms with van der Waals surface area (Å²) in [6.07, 6.45) is 7.46. The molecule has 2 aromatic rings. The number of H-pyrrole nitrogens is 1. The number of aliphatic imine (C=N–C) groups is 1. The fourth-order valence-corrected chi connectivity index (χ4v) is 4.43. The van der Waals surface area contributed by atoms with Crippen molar-refractivity contribution in [2.45, 2.75) is 71.0 Å². The van der Waals surface area contributed by atoms with Gasteiger partial charge in [0.05, 0.1) is 11.4 Å². The van der Waals surface area contributed by atoms with E-state index in [1.807, 2.05) is 37.8 Å². The minimum absolute atomic E-state index is 0.0319. The molecule has 1 saturated carbocycles. The molecule has 1 fully saturated rings. The van der Waals surface area contributed by atoms with E-state index in [0.29, 0.717) is 35.1 Å². The number of carbonyl (C=O) groups excluding carboxylic acids is 1. The van der Waals surface area contributed by atoms with Crippen molar-refractivity contribution in [3.8, 4) is 6.57 Å². The Morgan fingerprint density at radius 2 is 1.88 bits per heavy atom. The fourth-order valence-electron chi connectivity index (χ4n) is 4.43. The van der Waals surface area contributed by atoms with Crippen molar-refractivity contribution in [1.29, 1.82) is 5.26 Å². The molecule has 0 atom stereocenters. The number of aromatic amines is 1. The molecule has 0 saturated heterocycles. The topological polar surface area (TPSA) is 127 Å². The summed E-state index contributed by atoms with van der Waals surface area (Å²) in [4.78, 5) is 34.4. The molecule has 1 amide bonds. The van der Waals surface area contributed by atoms with Gasteiger partial charge in [-0.15, -0.1) is 0 Å². The Kier molecular flexibility index (Phi) is 7.22. The molecular weight excluding hydrogens is 416 g/mol. The molecule has 4 N–H and O–H groups in total. The number of nitriles is 1. The highest BCUT2D eigenvalue weighted by Gasteiger charge is 2.34. The summed E-state index contributed by atoms with van der Waals surface area (Å²) in [7, 11) is 0. The predicted octanol–water partition coefficient (Wildman–Crippen LogP) is 4.05. The zero-order chi connectivity index (χ0) is 24.2. The molecule has 4 rings (SSSR count). The molecule has 33 heavy (non-hydrogen) atoms. The van der Waals surface area contributed by atoms with Crippen LogP contribution in [0.15, 0.2) is 40.2 Å². The third-order valence-electron chi connectivity index (χ3n) is 6.13. The Labute approximate surface area is 194 Å². The first-order valence-electron chi connectivity index (χ1n) is 11.3. The summed E-state index contributed by atoms with van der Waals surface area (Å²) in [6, 6.07) is 7.65. The van der Waals surface area contributed by atoms with Gasteiger partial charge in [0.2, 0.25) is 0 Å². The van der Waals surface area contributed by atoms with Crippen molar-refractivity contribution in [1.82, 2.24) is 9.88 Å². The molecular formula is C25H32N6O2. The van der Waals surface area contributed by atoms with E-state index in [-0.39, 0.29) is 22.8 Å². The summed E-state index contributed by atoms with van der Waals surface area (Å²) in [5.41, 5.74) is 9.13. The van der Waals surface area contributed by atoms with E-state index in [1.54, 1.807) is 18.3 Å². The van der Waals surface area contributed by atoms with Crippen LogP contribution in [0.2, 0.25) is 0 Å². The SMILES string of the molecule is C#N.CC(C)(C)N1Cc2cc(N=C(N)c3c(NC4CCCCC4)cc[nH]c3=O)ccc2C1=O. The Morgan fingerprint density at radius 1 is 1.18 bits per heavy atom. The number of carbonyl (C=O) groups is 1. The summed E-state index contributed by atoms with van der Waals surface area (Å²) >= 11 is 0. The Hall–Kier alpha value is -3.60. The second-order valence-corrected chi connectivity index (χ2v) is 9.48. The number of benzene rings is 1. The average molecular weight is 449 g/mol. The van der Waals surface area contributed by atoms with E-state index < -0.39 is 0 Å². The molecule has 1 aromatic carbocycles. The molecule has 174 valence electrons. The van der Waals surface area contributed by atoms with Gasteiger partial charge in [-0.1, -0.05) is 19.3 Å². The van der Waals surface area contributed by atoms with E-state index in [9.17, 15) is 9.59 Å². The van der Waals surface area contributed by atoms with Crippen LogP contribution in [0.3, 0.4) is 0 Å². The van der Waals surface area contributed by atoms with Crippen LogP contribution in [0.25, 0.3) is 0 Å². The van der Waals surface area contributed by atoms with E-state index in [1.165, 1.54) is 19.3 Å². The van der Waals surface area contributed by atoms with Crippen LogP contribution in [0.4, 0.5) is 11.4 Å². The summed E-state index contributed by atoms with van der Waals surface area (Å²) in [5.74, 6) is 0.196. The van der Waals surface area contributed by atoms with Crippen LogP contribution in [0, 0.1) is 11.8 Å². The summed E-state index contributed by atoms with van der Waals surface area (Å²) in [6.45, 7) is 10.1. The largest absolute Gasteiger partial charge is 0.383 e. The third kappa shape index (κ3) is 5.25. The number of amides is 1. The minimum atomic E-state index is -0.266. The fraction of sp³-hybridized carbons (Fsp3) is 0.440. The highest BCUT2D eigenvalue weighted by Crippen LogP contribution is 2.32. The number of nitrogens with two attached hydrogens (primary N) is 1. The van der Waals surface area contributed by atoms with Gasteiger partial charge in [0.15, 0.2) is 0 Å². The quantitative estimate of drug-likeness (QED) is 0.480. The molecule has 8 heteroatoms. The minimum Gasteiger partial charge on any atom is -0.383 e. The van der Waals surface area contributed by atoms with Gasteiger partial charge in [0.25, 0.3) is 11.5 Å². The lowest BCUT2D eigenvalue weighted by Gasteiger charge is -2.31. The number of nitrogens with one attached hydrogen (secondary N) is 2. The van der Waals surface area contributed by atoms with Crippen molar-refractivity contribution in [2.75, 3.05) is 5.32 Å². The number of amidine groups is 1. The monoisotopic (exact) mass is 448 g/mol. The van der Waals surface area contributed by atoms with Crippen LogP contribution in [0.1, 0.15) is 74.4 Å². The summed E-state index contributed by atoms with van der Waals surface area (Å²) in [5, 5.41) is 9.99. The predicted molar refractivity (Wildman–Crippen MR) is 131 cm³/mol. The zero-order valence-electron chi connectivity index (χ0n) is 19.5. The average Bonchev–Trinajstić information content (AvgIpc) is 3.12. The molecule has 1 aliphatic heterocycles. The van der Waals surface area contributed by atoms with Crippen LogP contribution >= 0.6 is 0 Å². The highest BCUT2D eigenvalue weighted by molar-refractivity contribution is 6.04. The molecule has 0 unspecified atom stereocenters. The lowest BCUT2D eigenvalue weighted by molar-refractivity contribution is 0.0609. The van der Waals surface area contributed by atoms with Crippen LogP contribution in [0.5, 0.6) is 0 Å². The normalized spacial score (nSPS) is 16.7. The van der Waals surface area contributed by atoms with Gasteiger partial charge in [-0.25, -0.2) is 10.3 Å². The maximum absolute atomic E-state index is 12.7. The molecule has 0 radical (unpaired) electrons. The van der Waals surface area contributed by atoms with Crippen molar-refractivity contribution in [3.05, 3.63) is 57.5 Å². The van der Waals surface area contributed by atoms with Gasteiger partial charge in [-0.2, -0.15) is 0 Å². The lowest BCUT2D eigenvalue weighted by Crippen LogP contribution is -2.41. The van der Waals surface area contributed by atoms with Crippen LogP contribution in [-0.4, -0.2) is 33.2 Å². The maximum atomic E-state index is 12.7. The maximum Gasteiger partial charge on any atom is 0.261 e. The molecule has 1 aromatic heterocycles. The number of anilines is 1. The smallest absolute Gasteiger partial charge is 0.261 e. The van der Waals surface area contributed by atoms with E-state index in [2.05, 4.69) is 21.9 Å². The molecule has 0 bridgehead atoms. The van der Waals surface area contributed by atoms with Gasteiger partial charge < -0.3 is 20.9 Å².